The molecule has 0 atom stereocenters. The van der Waals surface area contributed by atoms with Gasteiger partial charge in [0.15, 0.2) is 0 Å². The molecule has 0 saturated carbocycles. The summed E-state index contributed by atoms with van der Waals surface area (Å²) in [6.45, 7) is 4.34. The monoisotopic (exact) mass is 351 g/mol. The molecule has 0 radical (unpaired) electrons. The summed E-state index contributed by atoms with van der Waals surface area (Å²) < 4.78 is 2.00. The lowest BCUT2D eigenvalue weighted by molar-refractivity contribution is 0.102. The number of benzene rings is 1. The van der Waals surface area contributed by atoms with E-state index in [0.29, 0.717) is 5.69 Å². The van der Waals surface area contributed by atoms with Crippen LogP contribution in [0.25, 0.3) is 11.0 Å². The quantitative estimate of drug-likeness (QED) is 0.763. The van der Waals surface area contributed by atoms with Gasteiger partial charge < -0.3 is 24.7 Å². The van der Waals surface area contributed by atoms with E-state index in [0.717, 1.165) is 42.9 Å². The van der Waals surface area contributed by atoms with Crippen LogP contribution in [-0.4, -0.2) is 53.6 Å². The number of aryl methyl sites for hydroxylation is 1. The van der Waals surface area contributed by atoms with Gasteiger partial charge in [0, 0.05) is 44.3 Å². The number of anilines is 2. The molecule has 0 bridgehead atoms. The standard InChI is InChI=1S/C20H25N5O/c1-23-9-3-10-25(13-12-23)16-6-4-15(5-7-16)21-20(26)18-14-19-17(22-18)8-11-24(19)2/h4-8,11,14,22H,3,9-10,12-13H2,1-2H3,(H,21,26). The second-order valence-electron chi connectivity index (χ2n) is 7.05. The number of nitrogens with zero attached hydrogens (tertiary/aromatic N) is 3. The Bertz CT molecular complexity index is 908. The van der Waals surface area contributed by atoms with Crippen molar-refractivity contribution >= 4 is 28.3 Å². The number of aromatic nitrogens is 2. The molecule has 2 N–H and O–H groups in total. The number of hydrogen-bond donors (Lipinski definition) is 2. The highest BCUT2D eigenvalue weighted by atomic mass is 16.1. The molecule has 0 aliphatic carbocycles. The first-order valence-corrected chi connectivity index (χ1v) is 9.09. The molecule has 1 aromatic carbocycles. The van der Waals surface area contributed by atoms with E-state index in [1.54, 1.807) is 0 Å². The van der Waals surface area contributed by atoms with Crippen molar-refractivity contribution in [1.29, 1.82) is 0 Å². The van der Waals surface area contributed by atoms with E-state index in [1.165, 1.54) is 12.1 Å². The maximum Gasteiger partial charge on any atom is 0.272 e. The molecule has 1 aliphatic rings. The van der Waals surface area contributed by atoms with Crippen LogP contribution in [0.4, 0.5) is 11.4 Å². The Morgan fingerprint density at radius 1 is 1.04 bits per heavy atom. The van der Waals surface area contributed by atoms with Crippen LogP contribution in [0.15, 0.2) is 42.6 Å². The third-order valence-electron chi connectivity index (χ3n) is 5.13. The molecular formula is C20H25N5O. The maximum atomic E-state index is 12.5. The number of aromatic amines is 1. The van der Waals surface area contributed by atoms with Crippen molar-refractivity contribution in [3.63, 3.8) is 0 Å². The number of carbonyl (C=O) groups excluding carboxylic acids is 1. The molecule has 26 heavy (non-hydrogen) atoms. The fraction of sp³-hybridized carbons (Fsp3) is 0.350. The summed E-state index contributed by atoms with van der Waals surface area (Å²) >= 11 is 0. The molecule has 0 unspecified atom stereocenters. The smallest absolute Gasteiger partial charge is 0.272 e. The molecule has 2 aromatic heterocycles. The lowest BCUT2D eigenvalue weighted by Gasteiger charge is -2.23. The van der Waals surface area contributed by atoms with Crippen LogP contribution in [0.3, 0.4) is 0 Å². The third-order valence-corrected chi connectivity index (χ3v) is 5.13. The van der Waals surface area contributed by atoms with Gasteiger partial charge in [-0.2, -0.15) is 0 Å². The van der Waals surface area contributed by atoms with Gasteiger partial charge in [-0.3, -0.25) is 4.79 Å². The minimum atomic E-state index is -0.120. The molecule has 6 heteroatoms. The van der Waals surface area contributed by atoms with Gasteiger partial charge in [0.1, 0.15) is 5.69 Å². The van der Waals surface area contributed by atoms with Crippen LogP contribution < -0.4 is 10.2 Å². The van der Waals surface area contributed by atoms with Crippen molar-refractivity contribution in [2.75, 3.05) is 43.4 Å². The average molecular weight is 351 g/mol. The van der Waals surface area contributed by atoms with Crippen molar-refractivity contribution < 1.29 is 4.79 Å². The van der Waals surface area contributed by atoms with Gasteiger partial charge in [0.2, 0.25) is 0 Å². The van der Waals surface area contributed by atoms with Gasteiger partial charge in [-0.1, -0.05) is 0 Å². The molecule has 136 valence electrons. The lowest BCUT2D eigenvalue weighted by atomic mass is 10.2. The largest absolute Gasteiger partial charge is 0.370 e. The van der Waals surface area contributed by atoms with Crippen LogP contribution in [0, 0.1) is 0 Å². The van der Waals surface area contributed by atoms with E-state index >= 15 is 0 Å². The average Bonchev–Trinajstić information content (AvgIpc) is 3.13. The van der Waals surface area contributed by atoms with Crippen molar-refractivity contribution in [2.24, 2.45) is 7.05 Å². The van der Waals surface area contributed by atoms with Crippen LogP contribution in [0.2, 0.25) is 0 Å². The van der Waals surface area contributed by atoms with Gasteiger partial charge in [-0.05, 0) is 56.4 Å². The first-order valence-electron chi connectivity index (χ1n) is 9.09. The summed E-state index contributed by atoms with van der Waals surface area (Å²) in [7, 11) is 4.14. The maximum absolute atomic E-state index is 12.5. The van der Waals surface area contributed by atoms with E-state index in [1.807, 2.05) is 42.1 Å². The number of hydrogen-bond acceptors (Lipinski definition) is 3. The second-order valence-corrected chi connectivity index (χ2v) is 7.05. The zero-order valence-electron chi connectivity index (χ0n) is 15.3. The Morgan fingerprint density at radius 3 is 2.62 bits per heavy atom. The minimum absolute atomic E-state index is 0.120. The molecule has 1 amide bonds. The summed E-state index contributed by atoms with van der Waals surface area (Å²) in [5.74, 6) is -0.120. The summed E-state index contributed by atoms with van der Waals surface area (Å²) in [4.78, 5) is 20.4. The molecule has 1 saturated heterocycles. The summed E-state index contributed by atoms with van der Waals surface area (Å²) in [5.41, 5.74) is 4.59. The number of nitrogens with one attached hydrogen (secondary N) is 2. The highest BCUT2D eigenvalue weighted by molar-refractivity contribution is 6.05. The summed E-state index contributed by atoms with van der Waals surface area (Å²) in [6, 6.07) is 12.0. The molecular weight excluding hydrogens is 326 g/mol. The molecule has 3 heterocycles. The zero-order chi connectivity index (χ0) is 18.1. The molecule has 1 aliphatic heterocycles. The van der Waals surface area contributed by atoms with Crippen LogP contribution in [0.5, 0.6) is 0 Å². The molecule has 1 fully saturated rings. The number of carbonyl (C=O) groups is 1. The van der Waals surface area contributed by atoms with E-state index in [-0.39, 0.29) is 5.91 Å². The highest BCUT2D eigenvalue weighted by Gasteiger charge is 2.14. The van der Waals surface area contributed by atoms with E-state index in [2.05, 4.69) is 39.3 Å². The van der Waals surface area contributed by atoms with Crippen LogP contribution >= 0.6 is 0 Å². The number of likely N-dealkylation sites (N-methyl/N-ethyl adjacent to an activating group) is 1. The van der Waals surface area contributed by atoms with Crippen molar-refractivity contribution in [3.8, 4) is 0 Å². The van der Waals surface area contributed by atoms with E-state index < -0.39 is 0 Å². The fourth-order valence-electron chi connectivity index (χ4n) is 3.53. The SMILES string of the molecule is CN1CCCN(c2ccc(NC(=O)c3cc4c(ccn4C)[nH]3)cc2)CC1. The summed E-state index contributed by atoms with van der Waals surface area (Å²) in [6.07, 6.45) is 3.15. The number of rotatable bonds is 3. The lowest BCUT2D eigenvalue weighted by Crippen LogP contribution is -2.28. The van der Waals surface area contributed by atoms with Gasteiger partial charge in [-0.25, -0.2) is 0 Å². The van der Waals surface area contributed by atoms with Crippen LogP contribution in [-0.2, 0) is 7.05 Å². The Balaban J connectivity index is 1.44. The Kier molecular flexibility index (Phi) is 4.42. The first kappa shape index (κ1) is 16.7. The Morgan fingerprint density at radius 2 is 1.85 bits per heavy atom. The van der Waals surface area contributed by atoms with Crippen LogP contribution in [0.1, 0.15) is 16.9 Å². The molecule has 4 rings (SSSR count). The van der Waals surface area contributed by atoms with Gasteiger partial charge >= 0.3 is 0 Å². The predicted molar refractivity (Wildman–Crippen MR) is 106 cm³/mol. The van der Waals surface area contributed by atoms with Gasteiger partial charge in [-0.15, -0.1) is 0 Å². The van der Waals surface area contributed by atoms with E-state index in [4.69, 9.17) is 0 Å². The normalized spacial score (nSPS) is 16.0. The van der Waals surface area contributed by atoms with Crippen molar-refractivity contribution in [1.82, 2.24) is 14.5 Å². The number of amides is 1. The molecule has 3 aromatic rings. The summed E-state index contributed by atoms with van der Waals surface area (Å²) in [5, 5.41) is 2.97. The van der Waals surface area contributed by atoms with Gasteiger partial charge in [0.05, 0.1) is 11.0 Å². The molecule has 0 spiro atoms. The first-order chi connectivity index (χ1) is 12.6. The van der Waals surface area contributed by atoms with Crippen molar-refractivity contribution in [3.05, 3.63) is 48.3 Å². The second kappa shape index (κ2) is 6.88. The highest BCUT2D eigenvalue weighted by Crippen LogP contribution is 2.21. The molecule has 6 nitrogen and oxygen atoms in total. The Labute approximate surface area is 153 Å². The minimum Gasteiger partial charge on any atom is -0.370 e. The fourth-order valence-corrected chi connectivity index (χ4v) is 3.53. The number of H-pyrrole nitrogens is 1. The predicted octanol–water partition coefficient (Wildman–Crippen LogP) is 2.90. The van der Waals surface area contributed by atoms with Crippen molar-refractivity contribution in [2.45, 2.75) is 6.42 Å². The van der Waals surface area contributed by atoms with E-state index in [9.17, 15) is 4.79 Å². The van der Waals surface area contributed by atoms with Gasteiger partial charge in [0.25, 0.3) is 5.91 Å². The number of fused-ring (bicyclic) bond motifs is 1. The third kappa shape index (κ3) is 3.32. The zero-order valence-corrected chi connectivity index (χ0v) is 15.3. The Hall–Kier alpha value is -2.73. The topological polar surface area (TPSA) is 56.3 Å².